The van der Waals surface area contributed by atoms with E-state index in [0.29, 0.717) is 12.1 Å². The fraction of sp³-hybridized carbons (Fsp3) is 0.600. The van der Waals surface area contributed by atoms with Crippen molar-refractivity contribution in [2.45, 2.75) is 51.7 Å². The Hall–Kier alpha value is -1.02. The molecule has 0 bridgehead atoms. The molecule has 0 heterocycles. The fourth-order valence-electron chi connectivity index (χ4n) is 2.82. The molecule has 0 radical (unpaired) electrons. The zero-order valence-corrected chi connectivity index (χ0v) is 11.1. The quantitative estimate of drug-likeness (QED) is 0.860. The Morgan fingerprint density at radius 2 is 1.71 bits per heavy atom. The zero-order valence-electron chi connectivity index (χ0n) is 11.1. The van der Waals surface area contributed by atoms with Gasteiger partial charge in [0.05, 0.1) is 12.1 Å². The smallest absolute Gasteiger partial charge is 0.0772 e. The minimum Gasteiger partial charge on any atom is -0.380 e. The molecule has 2 rings (SSSR count). The lowest BCUT2D eigenvalue weighted by Crippen LogP contribution is -2.37. The Balaban J connectivity index is 2.08. The summed E-state index contributed by atoms with van der Waals surface area (Å²) in [6.45, 7) is 4.29. The molecule has 1 N–H and O–H groups in total. The Morgan fingerprint density at radius 3 is 2.35 bits per heavy atom. The van der Waals surface area contributed by atoms with Gasteiger partial charge in [0.25, 0.3) is 0 Å². The van der Waals surface area contributed by atoms with Gasteiger partial charge in [-0.15, -0.1) is 0 Å². The lowest BCUT2D eigenvalue weighted by Gasteiger charge is -2.32. The first-order chi connectivity index (χ1) is 8.19. The number of methoxy groups -OCH3 is 1. The van der Waals surface area contributed by atoms with Gasteiger partial charge in [-0.2, -0.15) is 0 Å². The molecule has 2 heteroatoms. The van der Waals surface area contributed by atoms with E-state index < -0.39 is 0 Å². The van der Waals surface area contributed by atoms with E-state index in [1.807, 2.05) is 7.11 Å². The minimum atomic E-state index is 0.365. The van der Waals surface area contributed by atoms with Crippen molar-refractivity contribution in [1.29, 1.82) is 0 Å². The van der Waals surface area contributed by atoms with Crippen LogP contribution in [0.5, 0.6) is 0 Å². The first-order valence-electron chi connectivity index (χ1n) is 6.56. The second-order valence-corrected chi connectivity index (χ2v) is 5.19. The van der Waals surface area contributed by atoms with Crippen LogP contribution < -0.4 is 5.32 Å². The van der Waals surface area contributed by atoms with E-state index in [1.165, 1.54) is 42.5 Å². The summed E-state index contributed by atoms with van der Waals surface area (Å²) in [4.78, 5) is 0. The molecule has 2 atom stereocenters. The molecule has 0 aromatic heterocycles. The second-order valence-electron chi connectivity index (χ2n) is 5.19. The molecule has 1 saturated carbocycles. The van der Waals surface area contributed by atoms with Gasteiger partial charge in [-0.05, 0) is 49.9 Å². The predicted octanol–water partition coefficient (Wildman–Crippen LogP) is 3.67. The van der Waals surface area contributed by atoms with Gasteiger partial charge in [-0.25, -0.2) is 0 Å². The van der Waals surface area contributed by atoms with E-state index in [1.54, 1.807) is 0 Å². The number of anilines is 1. The van der Waals surface area contributed by atoms with Crippen LogP contribution in [-0.4, -0.2) is 19.3 Å². The number of aryl methyl sites for hydroxylation is 2. The normalized spacial score (nSPS) is 24.6. The van der Waals surface area contributed by atoms with Crippen molar-refractivity contribution in [2.75, 3.05) is 12.4 Å². The average Bonchev–Trinajstić information content (AvgIpc) is 2.28. The highest BCUT2D eigenvalue weighted by atomic mass is 16.5. The molecule has 94 valence electrons. The minimum absolute atomic E-state index is 0.365. The zero-order chi connectivity index (χ0) is 12.3. The summed E-state index contributed by atoms with van der Waals surface area (Å²) in [5.41, 5.74) is 3.87. The molecule has 1 aromatic carbocycles. The van der Waals surface area contributed by atoms with Crippen LogP contribution in [0.4, 0.5) is 5.69 Å². The Morgan fingerprint density at radius 1 is 1.06 bits per heavy atom. The van der Waals surface area contributed by atoms with Crippen molar-refractivity contribution in [1.82, 2.24) is 0 Å². The van der Waals surface area contributed by atoms with Gasteiger partial charge >= 0.3 is 0 Å². The summed E-state index contributed by atoms with van der Waals surface area (Å²) < 4.78 is 5.57. The van der Waals surface area contributed by atoms with Crippen LogP contribution >= 0.6 is 0 Å². The molecule has 0 spiro atoms. The highest BCUT2D eigenvalue weighted by molar-refractivity contribution is 5.49. The van der Waals surface area contributed by atoms with Gasteiger partial charge in [-0.3, -0.25) is 0 Å². The Labute approximate surface area is 104 Å². The molecule has 0 amide bonds. The van der Waals surface area contributed by atoms with E-state index in [4.69, 9.17) is 4.74 Å². The van der Waals surface area contributed by atoms with Crippen LogP contribution in [0.2, 0.25) is 0 Å². The largest absolute Gasteiger partial charge is 0.380 e. The summed E-state index contributed by atoms with van der Waals surface area (Å²) in [5, 5.41) is 3.64. The lowest BCUT2D eigenvalue weighted by molar-refractivity contribution is 0.0606. The van der Waals surface area contributed by atoms with E-state index in [2.05, 4.69) is 37.4 Å². The van der Waals surface area contributed by atoms with E-state index in [-0.39, 0.29) is 0 Å². The van der Waals surface area contributed by atoms with E-state index in [9.17, 15) is 0 Å². The summed E-state index contributed by atoms with van der Waals surface area (Å²) in [5.74, 6) is 0. The van der Waals surface area contributed by atoms with Gasteiger partial charge in [-0.1, -0.05) is 18.9 Å². The molecule has 0 unspecified atom stereocenters. The van der Waals surface area contributed by atoms with Gasteiger partial charge in [0, 0.05) is 12.8 Å². The monoisotopic (exact) mass is 233 g/mol. The summed E-state index contributed by atoms with van der Waals surface area (Å²) in [7, 11) is 1.83. The molecule has 1 fully saturated rings. The van der Waals surface area contributed by atoms with Crippen molar-refractivity contribution < 1.29 is 4.74 Å². The van der Waals surface area contributed by atoms with Gasteiger partial charge in [0.15, 0.2) is 0 Å². The van der Waals surface area contributed by atoms with Crippen molar-refractivity contribution in [3.63, 3.8) is 0 Å². The Kier molecular flexibility index (Phi) is 4.06. The average molecular weight is 233 g/mol. The van der Waals surface area contributed by atoms with Crippen LogP contribution in [0.1, 0.15) is 36.8 Å². The SMILES string of the molecule is CO[C@H]1CCCC[C@@H]1Nc1cc(C)cc(C)c1. The maximum atomic E-state index is 5.57. The number of ether oxygens (including phenoxy) is 1. The third-order valence-electron chi connectivity index (χ3n) is 3.58. The van der Waals surface area contributed by atoms with E-state index in [0.717, 1.165) is 0 Å². The number of hydrogen-bond donors (Lipinski definition) is 1. The standard InChI is InChI=1S/C15H23NO/c1-11-8-12(2)10-13(9-11)16-14-6-4-5-7-15(14)17-3/h8-10,14-16H,4-7H2,1-3H3/t14-,15-/m0/s1. The highest BCUT2D eigenvalue weighted by Gasteiger charge is 2.24. The molecule has 0 aliphatic heterocycles. The third-order valence-corrected chi connectivity index (χ3v) is 3.58. The van der Waals surface area contributed by atoms with Gasteiger partial charge < -0.3 is 10.1 Å². The molecular formula is C15H23NO. The van der Waals surface area contributed by atoms with Crippen molar-refractivity contribution in [3.05, 3.63) is 29.3 Å². The first-order valence-corrected chi connectivity index (χ1v) is 6.56. The summed E-state index contributed by atoms with van der Waals surface area (Å²) in [6.07, 6.45) is 5.36. The molecular weight excluding hydrogens is 210 g/mol. The van der Waals surface area contributed by atoms with E-state index >= 15 is 0 Å². The lowest BCUT2D eigenvalue weighted by atomic mass is 9.92. The van der Waals surface area contributed by atoms with Gasteiger partial charge in [0.1, 0.15) is 0 Å². The second kappa shape index (κ2) is 5.54. The van der Waals surface area contributed by atoms with Gasteiger partial charge in [0.2, 0.25) is 0 Å². The molecule has 17 heavy (non-hydrogen) atoms. The van der Waals surface area contributed by atoms with Crippen LogP contribution in [-0.2, 0) is 4.74 Å². The Bertz CT molecular complexity index is 355. The van der Waals surface area contributed by atoms with Crippen LogP contribution in [0.15, 0.2) is 18.2 Å². The predicted molar refractivity (Wildman–Crippen MR) is 72.6 cm³/mol. The highest BCUT2D eigenvalue weighted by Crippen LogP contribution is 2.25. The van der Waals surface area contributed by atoms with Crippen LogP contribution in [0.25, 0.3) is 0 Å². The van der Waals surface area contributed by atoms with Crippen molar-refractivity contribution in [3.8, 4) is 0 Å². The molecule has 2 nitrogen and oxygen atoms in total. The summed E-state index contributed by atoms with van der Waals surface area (Å²) >= 11 is 0. The number of benzene rings is 1. The van der Waals surface area contributed by atoms with Crippen molar-refractivity contribution >= 4 is 5.69 Å². The van der Waals surface area contributed by atoms with Crippen LogP contribution in [0.3, 0.4) is 0 Å². The number of hydrogen-bond acceptors (Lipinski definition) is 2. The fourth-order valence-corrected chi connectivity index (χ4v) is 2.82. The maximum absolute atomic E-state index is 5.57. The molecule has 1 aliphatic carbocycles. The molecule has 1 aliphatic rings. The summed E-state index contributed by atoms with van der Waals surface area (Å²) in [6, 6.07) is 7.11. The topological polar surface area (TPSA) is 21.3 Å². The maximum Gasteiger partial charge on any atom is 0.0772 e. The molecule has 1 aromatic rings. The number of nitrogens with one attached hydrogen (secondary N) is 1. The third kappa shape index (κ3) is 3.22. The number of rotatable bonds is 3. The van der Waals surface area contributed by atoms with Crippen molar-refractivity contribution in [2.24, 2.45) is 0 Å². The first kappa shape index (κ1) is 12.4. The van der Waals surface area contributed by atoms with Crippen LogP contribution in [0, 0.1) is 13.8 Å². The molecule has 0 saturated heterocycles.